The molecule has 0 spiro atoms. The van der Waals surface area contributed by atoms with Crippen LogP contribution in [-0.2, 0) is 15.8 Å². The molecule has 19 heavy (non-hydrogen) atoms. The van der Waals surface area contributed by atoms with Gasteiger partial charge in [0.25, 0.3) is 5.56 Å². The Labute approximate surface area is 109 Å². The van der Waals surface area contributed by atoms with E-state index in [2.05, 4.69) is 4.98 Å². The third-order valence-corrected chi connectivity index (χ3v) is 2.72. The van der Waals surface area contributed by atoms with Crippen molar-refractivity contribution in [1.29, 1.82) is 0 Å². The minimum atomic E-state index is -4.19. The average molecular weight is 292 g/mol. The zero-order valence-electron chi connectivity index (χ0n) is 10.7. The molecule has 108 valence electrons. The van der Waals surface area contributed by atoms with Crippen molar-refractivity contribution >= 4 is 19.4 Å². The van der Waals surface area contributed by atoms with Crippen LogP contribution in [0.3, 0.4) is 0 Å². The van der Waals surface area contributed by atoms with Gasteiger partial charge in [0.15, 0.2) is 0 Å². The quantitative estimate of drug-likeness (QED) is 0.451. The standard InChI is InChI=1S/C9H17N4O5P/c1-12(2)7-5-8(14)13(9(10)11-7)3-4-18-6-19(15,16)17/h5H,3-4,6H2,1-2H3,(H2,10,11)(H2,15,16,17). The molecule has 1 aromatic rings. The molecule has 0 aliphatic rings. The van der Waals surface area contributed by atoms with Crippen LogP contribution in [0.4, 0.5) is 11.8 Å². The van der Waals surface area contributed by atoms with Gasteiger partial charge in [0.1, 0.15) is 12.2 Å². The zero-order chi connectivity index (χ0) is 14.6. The third-order valence-electron chi connectivity index (χ3n) is 2.20. The van der Waals surface area contributed by atoms with Gasteiger partial charge in [0.2, 0.25) is 5.95 Å². The van der Waals surface area contributed by atoms with Gasteiger partial charge >= 0.3 is 7.60 Å². The molecule has 0 saturated carbocycles. The minimum Gasteiger partial charge on any atom is -0.369 e. The number of aromatic nitrogens is 2. The van der Waals surface area contributed by atoms with Crippen molar-refractivity contribution in [2.45, 2.75) is 6.54 Å². The molecule has 0 aliphatic carbocycles. The van der Waals surface area contributed by atoms with E-state index in [1.54, 1.807) is 19.0 Å². The topological polar surface area (TPSA) is 131 Å². The average Bonchev–Trinajstić information content (AvgIpc) is 2.25. The van der Waals surface area contributed by atoms with Gasteiger partial charge < -0.3 is 25.2 Å². The van der Waals surface area contributed by atoms with Gasteiger partial charge in [-0.3, -0.25) is 13.9 Å². The summed E-state index contributed by atoms with van der Waals surface area (Å²) in [6, 6.07) is 1.32. The second-order valence-electron chi connectivity index (χ2n) is 4.06. The van der Waals surface area contributed by atoms with E-state index < -0.39 is 13.9 Å². The van der Waals surface area contributed by atoms with E-state index in [9.17, 15) is 9.36 Å². The maximum Gasteiger partial charge on any atom is 0.350 e. The fourth-order valence-electron chi connectivity index (χ4n) is 1.30. The summed E-state index contributed by atoms with van der Waals surface area (Å²) >= 11 is 0. The summed E-state index contributed by atoms with van der Waals surface area (Å²) in [5.41, 5.74) is 5.29. The van der Waals surface area contributed by atoms with Crippen molar-refractivity contribution in [2.75, 3.05) is 37.7 Å². The van der Waals surface area contributed by atoms with Crippen molar-refractivity contribution in [1.82, 2.24) is 9.55 Å². The lowest BCUT2D eigenvalue weighted by Crippen LogP contribution is -2.27. The Morgan fingerprint density at radius 1 is 1.53 bits per heavy atom. The molecule has 1 aromatic heterocycles. The Hall–Kier alpha value is -1.41. The Balaban J connectivity index is 2.70. The highest BCUT2D eigenvalue weighted by Gasteiger charge is 2.13. The summed E-state index contributed by atoms with van der Waals surface area (Å²) in [4.78, 5) is 34.6. The minimum absolute atomic E-state index is 0.0241. The second kappa shape index (κ2) is 6.16. The van der Waals surface area contributed by atoms with Crippen molar-refractivity contribution in [3.8, 4) is 0 Å². The molecule has 0 aromatic carbocycles. The number of anilines is 2. The summed E-state index contributed by atoms with van der Waals surface area (Å²) in [5, 5.41) is 0. The van der Waals surface area contributed by atoms with Gasteiger partial charge in [-0.05, 0) is 0 Å². The van der Waals surface area contributed by atoms with E-state index in [1.807, 2.05) is 0 Å². The summed E-state index contributed by atoms with van der Waals surface area (Å²) in [5.74, 6) is 0.464. The summed E-state index contributed by atoms with van der Waals surface area (Å²) in [6.45, 7) is 0.0313. The summed E-state index contributed by atoms with van der Waals surface area (Å²) in [6.07, 6.45) is -0.690. The largest absolute Gasteiger partial charge is 0.369 e. The van der Waals surface area contributed by atoms with Gasteiger partial charge in [-0.25, -0.2) is 0 Å². The smallest absolute Gasteiger partial charge is 0.350 e. The Morgan fingerprint density at radius 3 is 2.63 bits per heavy atom. The van der Waals surface area contributed by atoms with Crippen molar-refractivity contribution < 1.29 is 19.1 Å². The molecule has 1 heterocycles. The zero-order valence-corrected chi connectivity index (χ0v) is 11.6. The fourth-order valence-corrected chi connectivity index (χ4v) is 1.67. The van der Waals surface area contributed by atoms with Crippen LogP contribution in [-0.4, -0.2) is 46.4 Å². The highest BCUT2D eigenvalue weighted by molar-refractivity contribution is 7.51. The number of nitrogens with zero attached hydrogens (tertiary/aromatic N) is 3. The number of nitrogens with two attached hydrogens (primary N) is 1. The number of nitrogen functional groups attached to an aromatic ring is 1. The third kappa shape index (κ3) is 4.99. The van der Waals surface area contributed by atoms with Crippen LogP contribution in [0.5, 0.6) is 0 Å². The number of hydrogen-bond acceptors (Lipinski definition) is 6. The Morgan fingerprint density at radius 2 is 2.16 bits per heavy atom. The van der Waals surface area contributed by atoms with E-state index in [1.165, 1.54) is 10.6 Å². The van der Waals surface area contributed by atoms with Crippen molar-refractivity contribution in [2.24, 2.45) is 0 Å². The molecule has 0 saturated heterocycles. The van der Waals surface area contributed by atoms with Crippen LogP contribution < -0.4 is 16.2 Å². The van der Waals surface area contributed by atoms with E-state index in [-0.39, 0.29) is 24.7 Å². The van der Waals surface area contributed by atoms with Gasteiger partial charge in [0, 0.05) is 20.2 Å². The maximum atomic E-state index is 11.8. The van der Waals surface area contributed by atoms with Gasteiger partial charge in [0.05, 0.1) is 13.2 Å². The molecule has 0 radical (unpaired) electrons. The molecule has 0 bridgehead atoms. The first-order valence-electron chi connectivity index (χ1n) is 5.37. The highest BCUT2D eigenvalue weighted by atomic mass is 31.2. The highest BCUT2D eigenvalue weighted by Crippen LogP contribution is 2.33. The van der Waals surface area contributed by atoms with E-state index in [4.69, 9.17) is 20.3 Å². The Kier molecular flexibility index (Phi) is 5.07. The predicted octanol–water partition coefficient (Wildman–Crippen LogP) is -0.957. The maximum absolute atomic E-state index is 11.8. The fraction of sp³-hybridized carbons (Fsp3) is 0.556. The molecule has 1 rings (SSSR count). The van der Waals surface area contributed by atoms with Crippen LogP contribution in [0.2, 0.25) is 0 Å². The molecular weight excluding hydrogens is 275 g/mol. The summed E-state index contributed by atoms with van der Waals surface area (Å²) < 4.78 is 16.5. The second-order valence-corrected chi connectivity index (χ2v) is 5.65. The lowest BCUT2D eigenvalue weighted by molar-refractivity contribution is 0.148. The molecule has 0 atom stereocenters. The Bertz CT molecular complexity index is 538. The summed E-state index contributed by atoms with van der Waals surface area (Å²) in [7, 11) is -0.733. The lowest BCUT2D eigenvalue weighted by atomic mass is 10.5. The normalized spacial score (nSPS) is 11.6. The van der Waals surface area contributed by atoms with Crippen LogP contribution in [0.15, 0.2) is 10.9 Å². The molecule has 9 nitrogen and oxygen atoms in total. The van der Waals surface area contributed by atoms with Gasteiger partial charge in [-0.15, -0.1) is 0 Å². The molecule has 10 heteroatoms. The molecule has 0 fully saturated rings. The van der Waals surface area contributed by atoms with Crippen LogP contribution in [0.1, 0.15) is 0 Å². The van der Waals surface area contributed by atoms with Crippen LogP contribution >= 0.6 is 7.60 Å². The molecular formula is C9H17N4O5P. The molecule has 4 N–H and O–H groups in total. The van der Waals surface area contributed by atoms with E-state index in [0.717, 1.165) is 0 Å². The number of hydrogen-bond donors (Lipinski definition) is 3. The predicted molar refractivity (Wildman–Crippen MR) is 70.1 cm³/mol. The molecule has 0 amide bonds. The van der Waals surface area contributed by atoms with Crippen LogP contribution in [0, 0.1) is 0 Å². The molecule has 0 aliphatic heterocycles. The molecule has 0 unspecified atom stereocenters. The van der Waals surface area contributed by atoms with Crippen molar-refractivity contribution in [3.05, 3.63) is 16.4 Å². The first-order valence-corrected chi connectivity index (χ1v) is 7.17. The SMILES string of the molecule is CN(C)c1cc(=O)n(CCOCP(=O)(O)O)c(N)n1. The first-order chi connectivity index (χ1) is 8.70. The van der Waals surface area contributed by atoms with Gasteiger partial charge in [-0.2, -0.15) is 4.98 Å². The monoisotopic (exact) mass is 292 g/mol. The van der Waals surface area contributed by atoms with Gasteiger partial charge in [-0.1, -0.05) is 0 Å². The number of ether oxygens (including phenoxy) is 1. The number of rotatable bonds is 6. The van der Waals surface area contributed by atoms with Crippen molar-refractivity contribution in [3.63, 3.8) is 0 Å². The van der Waals surface area contributed by atoms with E-state index in [0.29, 0.717) is 5.82 Å². The van der Waals surface area contributed by atoms with E-state index >= 15 is 0 Å². The van der Waals surface area contributed by atoms with Crippen LogP contribution in [0.25, 0.3) is 0 Å². The first kappa shape index (κ1) is 15.6. The lowest BCUT2D eigenvalue weighted by Gasteiger charge is -2.14.